The Morgan fingerprint density at radius 1 is 0.632 bits per heavy atom. The average Bonchev–Trinajstić information content (AvgIpc) is 3.61. The number of likely N-dealkylation sites (N-methyl/N-ethyl adjacent to an activating group) is 1. The van der Waals surface area contributed by atoms with Crippen LogP contribution in [0.25, 0.3) is 0 Å². The standard InChI is InChI=1S/C49H87N3O5/c1-5-7-9-11-13-15-17-19-21-23-25-27-29-31-33-35-42-57-49(56)46-43-45(50-47(54)37-36-39-52(3,4)40-41-53)44-51(46)48(55)38-34-32-30-28-26-24-22-20-18-16-14-12-10-8-6-2/h13-16,19-22,45-46,53H,5-12,17-18,23-44H2,1-4H3/p+1/b15-13-,16-14-,21-19-,22-20-/t45-,46+/m1/s1. The molecule has 57 heavy (non-hydrogen) atoms. The number of aliphatic hydroxyl groups excluding tert-OH is 1. The number of amides is 2. The Bertz CT molecular complexity index is 1130. The van der Waals surface area contributed by atoms with Gasteiger partial charge in [-0.15, -0.1) is 0 Å². The molecule has 0 saturated carbocycles. The number of nitrogens with zero attached hydrogens (tertiary/aromatic N) is 2. The van der Waals surface area contributed by atoms with E-state index in [4.69, 9.17) is 4.74 Å². The number of esters is 1. The lowest BCUT2D eigenvalue weighted by Gasteiger charge is -2.28. The fourth-order valence-electron chi connectivity index (χ4n) is 7.38. The molecule has 0 radical (unpaired) electrons. The van der Waals surface area contributed by atoms with E-state index in [0.29, 0.717) is 49.9 Å². The van der Waals surface area contributed by atoms with Crippen LogP contribution in [0.5, 0.6) is 0 Å². The average molecular weight is 799 g/mol. The quantitative estimate of drug-likeness (QED) is 0.0282. The summed E-state index contributed by atoms with van der Waals surface area (Å²) >= 11 is 0. The molecule has 2 atom stereocenters. The fraction of sp³-hybridized carbons (Fsp3) is 0.776. The monoisotopic (exact) mass is 799 g/mol. The van der Waals surface area contributed by atoms with Gasteiger partial charge in [0.05, 0.1) is 33.9 Å². The molecule has 0 spiro atoms. The van der Waals surface area contributed by atoms with Gasteiger partial charge in [0.15, 0.2) is 0 Å². The van der Waals surface area contributed by atoms with E-state index in [1.807, 2.05) is 0 Å². The lowest BCUT2D eigenvalue weighted by Crippen LogP contribution is -2.43. The predicted octanol–water partition coefficient (Wildman–Crippen LogP) is 11.1. The van der Waals surface area contributed by atoms with E-state index in [0.717, 1.165) is 77.2 Å². The lowest BCUT2D eigenvalue weighted by molar-refractivity contribution is -0.890. The molecule has 1 fully saturated rings. The smallest absolute Gasteiger partial charge is 0.328 e. The Hall–Kier alpha value is -2.71. The summed E-state index contributed by atoms with van der Waals surface area (Å²) in [4.78, 5) is 41.3. The summed E-state index contributed by atoms with van der Waals surface area (Å²) < 4.78 is 6.40. The molecule has 0 aliphatic carbocycles. The molecule has 2 amide bonds. The van der Waals surface area contributed by atoms with Crippen molar-refractivity contribution < 1.29 is 28.7 Å². The van der Waals surface area contributed by atoms with Crippen molar-refractivity contribution in [3.05, 3.63) is 48.6 Å². The summed E-state index contributed by atoms with van der Waals surface area (Å²) in [6.07, 6.45) is 46.5. The molecule has 1 aliphatic heterocycles. The van der Waals surface area contributed by atoms with Crippen molar-refractivity contribution in [2.45, 2.75) is 199 Å². The number of allylic oxidation sites excluding steroid dienone is 8. The van der Waals surface area contributed by atoms with Gasteiger partial charge in [0.2, 0.25) is 11.8 Å². The van der Waals surface area contributed by atoms with E-state index in [-0.39, 0.29) is 30.4 Å². The van der Waals surface area contributed by atoms with Crippen LogP contribution in [0.1, 0.15) is 187 Å². The second-order valence-electron chi connectivity index (χ2n) is 17.0. The third-order valence-electron chi connectivity index (χ3n) is 11.1. The van der Waals surface area contributed by atoms with Crippen molar-refractivity contribution >= 4 is 17.8 Å². The molecule has 1 saturated heterocycles. The van der Waals surface area contributed by atoms with Gasteiger partial charge in [0, 0.05) is 38.3 Å². The SMILES string of the molecule is CCCCC/C=C\C/C=C\CCCCCCCCOC(=O)[C@@H]1C[C@@H](NC(=O)CCC[N+](C)(C)CCO)CN1C(=O)CCCCCCC/C=C\C/C=C\CCCCC. The van der Waals surface area contributed by atoms with Crippen LogP contribution in [0.4, 0.5) is 0 Å². The topological polar surface area (TPSA) is 95.9 Å². The summed E-state index contributed by atoms with van der Waals surface area (Å²) in [6, 6.07) is -0.907. The van der Waals surface area contributed by atoms with Crippen LogP contribution in [0.2, 0.25) is 0 Å². The van der Waals surface area contributed by atoms with E-state index in [1.54, 1.807) is 4.90 Å². The zero-order valence-electron chi connectivity index (χ0n) is 37.4. The normalized spacial score (nSPS) is 16.3. The maximum absolute atomic E-state index is 13.5. The minimum atomic E-state index is -0.648. The van der Waals surface area contributed by atoms with Crippen molar-refractivity contribution in [3.8, 4) is 0 Å². The fourth-order valence-corrected chi connectivity index (χ4v) is 7.38. The summed E-state index contributed by atoms with van der Waals surface area (Å²) in [7, 11) is 4.10. The first kappa shape index (κ1) is 52.3. The molecule has 1 rings (SSSR count). The van der Waals surface area contributed by atoms with Gasteiger partial charge in [0.1, 0.15) is 12.6 Å². The number of hydrogen-bond acceptors (Lipinski definition) is 5. The van der Waals surface area contributed by atoms with E-state index in [9.17, 15) is 19.5 Å². The molecule has 0 aromatic heterocycles. The highest BCUT2D eigenvalue weighted by Gasteiger charge is 2.40. The second-order valence-corrected chi connectivity index (χ2v) is 17.0. The molecular formula is C49H88N3O5+. The summed E-state index contributed by atoms with van der Waals surface area (Å²) in [5.74, 6) is -0.414. The number of carbonyl (C=O) groups is 3. The number of unbranched alkanes of at least 4 members (excludes halogenated alkanes) is 17. The zero-order chi connectivity index (χ0) is 41.7. The van der Waals surface area contributed by atoms with E-state index in [2.05, 4.69) is 81.9 Å². The Morgan fingerprint density at radius 3 is 1.65 bits per heavy atom. The van der Waals surface area contributed by atoms with Crippen LogP contribution in [0.3, 0.4) is 0 Å². The van der Waals surface area contributed by atoms with Gasteiger partial charge in [-0.05, 0) is 77.0 Å². The van der Waals surface area contributed by atoms with Gasteiger partial charge >= 0.3 is 5.97 Å². The maximum atomic E-state index is 13.5. The molecule has 0 unspecified atom stereocenters. The highest BCUT2D eigenvalue weighted by molar-refractivity contribution is 5.86. The summed E-state index contributed by atoms with van der Waals surface area (Å²) in [5, 5.41) is 12.4. The van der Waals surface area contributed by atoms with Crippen molar-refractivity contribution in [2.24, 2.45) is 0 Å². The number of ether oxygens (including phenoxy) is 1. The molecule has 328 valence electrons. The summed E-state index contributed by atoms with van der Waals surface area (Å²) in [5.41, 5.74) is 0. The van der Waals surface area contributed by atoms with E-state index < -0.39 is 6.04 Å². The number of likely N-dealkylation sites (tertiary alicyclic amines) is 1. The molecule has 0 aromatic rings. The van der Waals surface area contributed by atoms with E-state index in [1.165, 1.54) is 77.0 Å². The highest BCUT2D eigenvalue weighted by Crippen LogP contribution is 2.22. The number of hydrogen-bond donors (Lipinski definition) is 2. The Balaban J connectivity index is 2.43. The number of aliphatic hydroxyl groups is 1. The van der Waals surface area contributed by atoms with E-state index >= 15 is 0 Å². The highest BCUT2D eigenvalue weighted by atomic mass is 16.5. The van der Waals surface area contributed by atoms with Gasteiger partial charge in [-0.1, -0.05) is 133 Å². The molecule has 0 bridgehead atoms. The number of rotatable bonds is 37. The Labute approximate surface area is 350 Å². The third kappa shape index (κ3) is 30.1. The van der Waals surface area contributed by atoms with Crippen molar-refractivity contribution in [3.63, 3.8) is 0 Å². The molecule has 0 aromatic carbocycles. The summed E-state index contributed by atoms with van der Waals surface area (Å²) in [6.45, 7) is 6.76. The Kier molecular flexibility index (Phi) is 33.4. The van der Waals surface area contributed by atoms with Crippen LogP contribution in [0.15, 0.2) is 48.6 Å². The van der Waals surface area contributed by atoms with Crippen LogP contribution in [-0.2, 0) is 19.1 Å². The van der Waals surface area contributed by atoms with Gasteiger partial charge in [0.25, 0.3) is 0 Å². The molecule has 1 aliphatic rings. The first-order chi connectivity index (χ1) is 27.7. The largest absolute Gasteiger partial charge is 0.464 e. The van der Waals surface area contributed by atoms with Gasteiger partial charge in [-0.25, -0.2) is 4.79 Å². The van der Waals surface area contributed by atoms with Crippen molar-refractivity contribution in [1.29, 1.82) is 0 Å². The Morgan fingerprint density at radius 2 is 1.12 bits per heavy atom. The first-order valence-corrected chi connectivity index (χ1v) is 23.5. The second kappa shape index (κ2) is 36.4. The molecular weight excluding hydrogens is 711 g/mol. The number of nitrogens with one attached hydrogen (secondary N) is 1. The molecule has 8 nitrogen and oxygen atoms in total. The minimum Gasteiger partial charge on any atom is -0.464 e. The maximum Gasteiger partial charge on any atom is 0.328 e. The van der Waals surface area contributed by atoms with Crippen LogP contribution in [0, 0.1) is 0 Å². The van der Waals surface area contributed by atoms with Crippen molar-refractivity contribution in [1.82, 2.24) is 10.2 Å². The lowest BCUT2D eigenvalue weighted by atomic mass is 10.1. The van der Waals surface area contributed by atoms with Crippen LogP contribution >= 0.6 is 0 Å². The third-order valence-corrected chi connectivity index (χ3v) is 11.1. The number of carbonyl (C=O) groups excluding carboxylic acids is 3. The van der Waals surface area contributed by atoms with Crippen LogP contribution < -0.4 is 5.32 Å². The first-order valence-electron chi connectivity index (χ1n) is 23.5. The van der Waals surface area contributed by atoms with Crippen LogP contribution in [-0.4, -0.2) is 91.3 Å². The number of quaternary nitrogens is 1. The zero-order valence-corrected chi connectivity index (χ0v) is 37.4. The van der Waals surface area contributed by atoms with Gasteiger partial charge in [-0.2, -0.15) is 0 Å². The molecule has 1 heterocycles. The predicted molar refractivity (Wildman–Crippen MR) is 240 cm³/mol. The van der Waals surface area contributed by atoms with Crippen molar-refractivity contribution in [2.75, 3.05) is 46.9 Å². The molecule has 8 heteroatoms. The van der Waals surface area contributed by atoms with Gasteiger partial charge in [-0.3, -0.25) is 9.59 Å². The molecule has 2 N–H and O–H groups in total. The van der Waals surface area contributed by atoms with Gasteiger partial charge < -0.3 is 24.5 Å². The minimum absolute atomic E-state index is 0.0175.